The summed E-state index contributed by atoms with van der Waals surface area (Å²) in [4.78, 5) is 10.7. The van der Waals surface area contributed by atoms with Crippen LogP contribution in [0.3, 0.4) is 0 Å². The van der Waals surface area contributed by atoms with Crippen molar-refractivity contribution in [3.63, 3.8) is 0 Å². The van der Waals surface area contributed by atoms with Crippen LogP contribution < -0.4 is 10.6 Å². The minimum Gasteiger partial charge on any atom is -0.395 e. The van der Waals surface area contributed by atoms with Crippen LogP contribution in [-0.2, 0) is 6.42 Å². The predicted molar refractivity (Wildman–Crippen MR) is 88.0 cm³/mol. The van der Waals surface area contributed by atoms with Crippen LogP contribution in [0.4, 0.5) is 11.8 Å². The van der Waals surface area contributed by atoms with Crippen LogP contribution in [-0.4, -0.2) is 44.4 Å². The largest absolute Gasteiger partial charge is 0.395 e. The van der Waals surface area contributed by atoms with Crippen LogP contribution in [0.1, 0.15) is 45.2 Å². The van der Waals surface area contributed by atoms with E-state index in [2.05, 4.69) is 33.8 Å². The number of aryl methyl sites for hydroxylation is 1. The molecule has 7 heteroatoms. The second kappa shape index (κ2) is 7.93. The van der Waals surface area contributed by atoms with Gasteiger partial charge in [-0.1, -0.05) is 33.1 Å². The van der Waals surface area contributed by atoms with E-state index in [0.29, 0.717) is 12.3 Å². The molecule has 0 spiro atoms. The molecule has 0 saturated heterocycles. The van der Waals surface area contributed by atoms with Gasteiger partial charge in [0.05, 0.1) is 6.61 Å². The number of hydrogen-bond donors (Lipinski definition) is 2. The zero-order chi connectivity index (χ0) is 15.9. The van der Waals surface area contributed by atoms with Crippen LogP contribution >= 0.6 is 0 Å². The minimum absolute atomic E-state index is 0.100. The number of rotatable bonds is 9. The van der Waals surface area contributed by atoms with E-state index in [4.69, 9.17) is 5.73 Å². The van der Waals surface area contributed by atoms with Gasteiger partial charge >= 0.3 is 0 Å². The zero-order valence-corrected chi connectivity index (χ0v) is 13.5. The molecule has 0 bridgehead atoms. The molecule has 0 fully saturated rings. The zero-order valence-electron chi connectivity index (χ0n) is 13.5. The first kappa shape index (κ1) is 16.5. The summed E-state index contributed by atoms with van der Waals surface area (Å²) in [6.45, 7) is 5.80. The Morgan fingerprint density at radius 2 is 2.00 bits per heavy atom. The molecule has 0 amide bonds. The lowest BCUT2D eigenvalue weighted by Crippen LogP contribution is -2.30. The van der Waals surface area contributed by atoms with E-state index in [1.807, 2.05) is 6.07 Å². The van der Waals surface area contributed by atoms with E-state index >= 15 is 0 Å². The summed E-state index contributed by atoms with van der Waals surface area (Å²) in [5.74, 6) is 1.64. The van der Waals surface area contributed by atoms with Gasteiger partial charge in [0.15, 0.2) is 0 Å². The fraction of sp³-hybridized carbons (Fsp3) is 0.667. The third-order valence-corrected chi connectivity index (χ3v) is 3.70. The molecule has 2 heterocycles. The molecule has 0 radical (unpaired) electrons. The molecule has 7 nitrogen and oxygen atoms in total. The molecule has 0 aliphatic heterocycles. The molecule has 0 aromatic carbocycles. The van der Waals surface area contributed by atoms with Gasteiger partial charge in [-0.05, 0) is 12.8 Å². The van der Waals surface area contributed by atoms with Gasteiger partial charge < -0.3 is 15.7 Å². The normalized spacial score (nSPS) is 11.2. The Labute approximate surface area is 131 Å². The van der Waals surface area contributed by atoms with Crippen molar-refractivity contribution in [1.29, 1.82) is 0 Å². The molecule has 2 aromatic heterocycles. The second-order valence-electron chi connectivity index (χ2n) is 5.41. The van der Waals surface area contributed by atoms with Crippen LogP contribution in [0.2, 0.25) is 0 Å². The number of unbranched alkanes of at least 4 members (excludes halogenated alkanes) is 3. The van der Waals surface area contributed by atoms with Crippen molar-refractivity contribution in [2.75, 3.05) is 30.3 Å². The molecule has 0 aliphatic carbocycles. The molecular formula is C15H26N6O. The lowest BCUT2D eigenvalue weighted by atomic mass is 10.2. The molecule has 3 N–H and O–H groups in total. The number of aliphatic hydroxyl groups excluding tert-OH is 1. The summed E-state index contributed by atoms with van der Waals surface area (Å²) in [6, 6.07) is 2.01. The van der Waals surface area contributed by atoms with Crippen molar-refractivity contribution in [2.24, 2.45) is 0 Å². The molecule has 0 saturated carbocycles. The Hall–Kier alpha value is -1.89. The Bertz CT molecular complexity index is 597. The van der Waals surface area contributed by atoms with E-state index in [1.54, 1.807) is 4.52 Å². The first-order valence-electron chi connectivity index (χ1n) is 8.07. The average molecular weight is 306 g/mol. The van der Waals surface area contributed by atoms with Gasteiger partial charge in [-0.2, -0.15) is 9.50 Å². The van der Waals surface area contributed by atoms with E-state index in [0.717, 1.165) is 30.9 Å². The summed E-state index contributed by atoms with van der Waals surface area (Å²) >= 11 is 0. The molecule has 122 valence electrons. The summed E-state index contributed by atoms with van der Waals surface area (Å²) in [6.07, 6.45) is 5.53. The lowest BCUT2D eigenvalue weighted by Gasteiger charge is -2.24. The first-order chi connectivity index (χ1) is 10.7. The van der Waals surface area contributed by atoms with Gasteiger partial charge in [-0.25, -0.2) is 4.98 Å². The summed E-state index contributed by atoms with van der Waals surface area (Å²) in [5.41, 5.74) is 6.66. The SMILES string of the molecule is CCCCCCN(CCO)c1cc(CC)nc2nc(N)nn12. The molecule has 0 unspecified atom stereocenters. The van der Waals surface area contributed by atoms with Crippen LogP contribution in [0, 0.1) is 0 Å². The number of aliphatic hydroxyl groups is 1. The van der Waals surface area contributed by atoms with Crippen molar-refractivity contribution < 1.29 is 5.11 Å². The Morgan fingerprint density at radius 3 is 2.68 bits per heavy atom. The molecule has 0 aliphatic rings. The molecule has 22 heavy (non-hydrogen) atoms. The van der Waals surface area contributed by atoms with Crippen LogP contribution in [0.25, 0.3) is 5.78 Å². The monoisotopic (exact) mass is 306 g/mol. The fourth-order valence-electron chi connectivity index (χ4n) is 2.51. The Morgan fingerprint density at radius 1 is 1.18 bits per heavy atom. The number of anilines is 2. The topological polar surface area (TPSA) is 92.6 Å². The highest BCUT2D eigenvalue weighted by atomic mass is 16.3. The van der Waals surface area contributed by atoms with Gasteiger partial charge in [0.25, 0.3) is 5.78 Å². The summed E-state index contributed by atoms with van der Waals surface area (Å²) in [5, 5.41) is 13.6. The van der Waals surface area contributed by atoms with Gasteiger partial charge in [-0.3, -0.25) is 0 Å². The number of nitrogens with two attached hydrogens (primary N) is 1. The third kappa shape index (κ3) is 3.85. The van der Waals surface area contributed by atoms with Gasteiger partial charge in [0, 0.05) is 24.8 Å². The Kier molecular flexibility index (Phi) is 5.94. The molecule has 2 rings (SSSR count). The van der Waals surface area contributed by atoms with E-state index < -0.39 is 0 Å². The van der Waals surface area contributed by atoms with Crippen molar-refractivity contribution in [2.45, 2.75) is 46.0 Å². The highest BCUT2D eigenvalue weighted by Gasteiger charge is 2.15. The number of nitrogens with zero attached hydrogens (tertiary/aromatic N) is 5. The summed E-state index contributed by atoms with van der Waals surface area (Å²) < 4.78 is 1.67. The first-order valence-corrected chi connectivity index (χ1v) is 8.07. The fourth-order valence-corrected chi connectivity index (χ4v) is 2.51. The van der Waals surface area contributed by atoms with E-state index in [1.165, 1.54) is 19.3 Å². The Balaban J connectivity index is 2.30. The quantitative estimate of drug-likeness (QED) is 0.684. The maximum Gasteiger partial charge on any atom is 0.256 e. The highest BCUT2D eigenvalue weighted by molar-refractivity contribution is 5.49. The van der Waals surface area contributed by atoms with Crippen molar-refractivity contribution >= 4 is 17.5 Å². The highest BCUT2D eigenvalue weighted by Crippen LogP contribution is 2.18. The van der Waals surface area contributed by atoms with Gasteiger partial charge in [-0.15, -0.1) is 5.10 Å². The van der Waals surface area contributed by atoms with Crippen molar-refractivity contribution in [3.8, 4) is 0 Å². The minimum atomic E-state index is 0.100. The maximum absolute atomic E-state index is 9.38. The lowest BCUT2D eigenvalue weighted by molar-refractivity contribution is 0.301. The van der Waals surface area contributed by atoms with Crippen LogP contribution in [0.5, 0.6) is 0 Å². The number of nitrogen functional groups attached to an aromatic ring is 1. The maximum atomic E-state index is 9.38. The molecule has 2 aromatic rings. The van der Waals surface area contributed by atoms with Crippen molar-refractivity contribution in [1.82, 2.24) is 19.6 Å². The van der Waals surface area contributed by atoms with Crippen molar-refractivity contribution in [3.05, 3.63) is 11.8 Å². The standard InChI is InChI=1S/C15H26N6O/c1-3-5-6-7-8-20(9-10-22)13-11-12(4-2)17-15-18-14(16)19-21(13)15/h11,22H,3-10H2,1-2H3,(H2,16,19). The van der Waals surface area contributed by atoms with Crippen LogP contribution in [0.15, 0.2) is 6.07 Å². The number of hydrogen-bond acceptors (Lipinski definition) is 6. The summed E-state index contributed by atoms with van der Waals surface area (Å²) in [7, 11) is 0. The predicted octanol–water partition coefficient (Wildman–Crippen LogP) is 1.65. The van der Waals surface area contributed by atoms with Gasteiger partial charge in [0.2, 0.25) is 5.95 Å². The second-order valence-corrected chi connectivity index (χ2v) is 5.41. The smallest absolute Gasteiger partial charge is 0.256 e. The number of fused-ring (bicyclic) bond motifs is 1. The van der Waals surface area contributed by atoms with E-state index in [9.17, 15) is 5.11 Å². The molecular weight excluding hydrogens is 280 g/mol. The third-order valence-electron chi connectivity index (χ3n) is 3.70. The molecule has 0 atom stereocenters. The number of aromatic nitrogens is 4. The van der Waals surface area contributed by atoms with E-state index in [-0.39, 0.29) is 12.6 Å². The van der Waals surface area contributed by atoms with Gasteiger partial charge in [0.1, 0.15) is 5.82 Å². The average Bonchev–Trinajstić information content (AvgIpc) is 2.89.